The van der Waals surface area contributed by atoms with E-state index in [0.29, 0.717) is 10.7 Å². The van der Waals surface area contributed by atoms with Crippen LogP contribution < -0.4 is 5.32 Å². The van der Waals surface area contributed by atoms with Gasteiger partial charge in [-0.05, 0) is 53.8 Å². The van der Waals surface area contributed by atoms with Crippen LogP contribution in [0.4, 0.5) is 5.69 Å². The van der Waals surface area contributed by atoms with Crippen LogP contribution in [0.5, 0.6) is 0 Å². The SMILES string of the molecule is Cc1ccc(Cl)cc1NC(=O)c1cc(-c2cccc3c2C=CC3)co1. The molecule has 1 amide bonds. The maximum Gasteiger partial charge on any atom is 0.291 e. The van der Waals surface area contributed by atoms with Crippen molar-refractivity contribution >= 4 is 29.3 Å². The molecule has 0 bridgehead atoms. The van der Waals surface area contributed by atoms with E-state index >= 15 is 0 Å². The molecule has 3 aromatic rings. The fraction of sp³-hybridized carbons (Fsp3) is 0.0952. The molecule has 0 atom stereocenters. The molecule has 1 aromatic heterocycles. The van der Waals surface area contributed by atoms with Crippen LogP contribution in [0.2, 0.25) is 5.02 Å². The lowest BCUT2D eigenvalue weighted by molar-refractivity contribution is 0.0996. The van der Waals surface area contributed by atoms with Crippen LogP contribution in [0, 0.1) is 6.92 Å². The Morgan fingerprint density at radius 1 is 1.20 bits per heavy atom. The van der Waals surface area contributed by atoms with Crippen LogP contribution in [0.1, 0.15) is 27.2 Å². The van der Waals surface area contributed by atoms with Crippen molar-refractivity contribution in [3.05, 3.63) is 82.3 Å². The van der Waals surface area contributed by atoms with Gasteiger partial charge < -0.3 is 9.73 Å². The van der Waals surface area contributed by atoms with Crippen molar-refractivity contribution in [2.45, 2.75) is 13.3 Å². The van der Waals surface area contributed by atoms with E-state index in [1.807, 2.05) is 25.1 Å². The van der Waals surface area contributed by atoms with Gasteiger partial charge in [0.2, 0.25) is 0 Å². The zero-order valence-corrected chi connectivity index (χ0v) is 14.4. The number of allylic oxidation sites excluding steroid dienone is 1. The minimum absolute atomic E-state index is 0.272. The molecule has 0 spiro atoms. The number of halogens is 1. The summed E-state index contributed by atoms with van der Waals surface area (Å²) >= 11 is 6.00. The second-order valence-corrected chi connectivity index (χ2v) is 6.53. The van der Waals surface area contributed by atoms with Gasteiger partial charge in [-0.3, -0.25) is 4.79 Å². The van der Waals surface area contributed by atoms with E-state index in [-0.39, 0.29) is 11.7 Å². The lowest BCUT2D eigenvalue weighted by Gasteiger charge is -2.07. The molecule has 0 aliphatic heterocycles. The quantitative estimate of drug-likeness (QED) is 0.656. The summed E-state index contributed by atoms with van der Waals surface area (Å²) in [5.74, 6) is -0.0197. The number of nitrogens with one attached hydrogen (secondary N) is 1. The van der Waals surface area contributed by atoms with Gasteiger partial charge in [-0.15, -0.1) is 0 Å². The summed E-state index contributed by atoms with van der Waals surface area (Å²) in [6.45, 7) is 1.92. The van der Waals surface area contributed by atoms with Crippen LogP contribution >= 0.6 is 11.6 Å². The third-order valence-electron chi connectivity index (χ3n) is 4.40. The number of aryl methyl sites for hydroxylation is 1. The molecular weight excluding hydrogens is 334 g/mol. The van der Waals surface area contributed by atoms with E-state index in [9.17, 15) is 4.79 Å². The monoisotopic (exact) mass is 349 g/mol. The molecule has 0 saturated heterocycles. The Balaban J connectivity index is 1.61. The molecule has 1 N–H and O–H groups in total. The number of hydrogen-bond donors (Lipinski definition) is 1. The maximum atomic E-state index is 12.5. The Morgan fingerprint density at radius 2 is 2.08 bits per heavy atom. The number of benzene rings is 2. The van der Waals surface area contributed by atoms with Crippen molar-refractivity contribution in [3.63, 3.8) is 0 Å². The Hall–Kier alpha value is -2.78. The number of fused-ring (bicyclic) bond motifs is 1. The van der Waals surface area contributed by atoms with Crippen LogP contribution in [-0.2, 0) is 6.42 Å². The fourth-order valence-electron chi connectivity index (χ4n) is 3.05. The van der Waals surface area contributed by atoms with Crippen molar-refractivity contribution in [2.24, 2.45) is 0 Å². The zero-order chi connectivity index (χ0) is 17.4. The lowest BCUT2D eigenvalue weighted by atomic mass is 9.99. The van der Waals surface area contributed by atoms with E-state index in [2.05, 4.69) is 23.5 Å². The topological polar surface area (TPSA) is 42.2 Å². The molecule has 4 heteroatoms. The average molecular weight is 350 g/mol. The highest BCUT2D eigenvalue weighted by Gasteiger charge is 2.17. The molecule has 25 heavy (non-hydrogen) atoms. The van der Waals surface area contributed by atoms with E-state index in [4.69, 9.17) is 16.0 Å². The molecular formula is C21H16ClNO2. The van der Waals surface area contributed by atoms with E-state index in [1.165, 1.54) is 11.1 Å². The molecule has 1 aliphatic carbocycles. The predicted octanol–water partition coefficient (Wildman–Crippen LogP) is 5.73. The minimum atomic E-state index is -0.292. The number of hydrogen-bond acceptors (Lipinski definition) is 2. The maximum absolute atomic E-state index is 12.5. The molecule has 124 valence electrons. The Kier molecular flexibility index (Phi) is 3.94. The molecule has 0 radical (unpaired) electrons. The molecule has 2 aromatic carbocycles. The summed E-state index contributed by atoms with van der Waals surface area (Å²) in [7, 11) is 0. The zero-order valence-electron chi connectivity index (χ0n) is 13.7. The van der Waals surface area contributed by atoms with Crippen LogP contribution in [-0.4, -0.2) is 5.91 Å². The summed E-state index contributed by atoms with van der Waals surface area (Å²) < 4.78 is 5.51. The predicted molar refractivity (Wildman–Crippen MR) is 101 cm³/mol. The Bertz CT molecular complexity index is 1000. The van der Waals surface area contributed by atoms with E-state index < -0.39 is 0 Å². The van der Waals surface area contributed by atoms with Crippen LogP contribution in [0.3, 0.4) is 0 Å². The highest BCUT2D eigenvalue weighted by molar-refractivity contribution is 6.31. The standard InChI is InChI=1S/C21H16ClNO2/c1-13-8-9-16(22)11-19(13)23-21(24)20-10-15(12-25-20)18-7-3-5-14-4-2-6-17(14)18/h2-3,5-12H,4H2,1H3,(H,23,24). The first-order chi connectivity index (χ1) is 12.1. The Morgan fingerprint density at radius 3 is 2.96 bits per heavy atom. The van der Waals surface area contributed by atoms with Gasteiger partial charge in [0.15, 0.2) is 5.76 Å². The molecule has 1 heterocycles. The van der Waals surface area contributed by atoms with Gasteiger partial charge in [-0.25, -0.2) is 0 Å². The lowest BCUT2D eigenvalue weighted by Crippen LogP contribution is -2.11. The number of rotatable bonds is 3. The molecule has 4 rings (SSSR count). The summed E-state index contributed by atoms with van der Waals surface area (Å²) in [6, 6.07) is 13.4. The fourth-order valence-corrected chi connectivity index (χ4v) is 3.22. The van der Waals surface area contributed by atoms with Gasteiger partial charge >= 0.3 is 0 Å². The molecule has 0 unspecified atom stereocenters. The number of carbonyl (C=O) groups excluding carboxylic acids is 1. The third-order valence-corrected chi connectivity index (χ3v) is 4.64. The first-order valence-electron chi connectivity index (χ1n) is 8.06. The second-order valence-electron chi connectivity index (χ2n) is 6.10. The smallest absolute Gasteiger partial charge is 0.291 e. The van der Waals surface area contributed by atoms with Crippen LogP contribution in [0.15, 0.2) is 59.2 Å². The number of furan rings is 1. The summed E-state index contributed by atoms with van der Waals surface area (Å²) in [6.07, 6.45) is 6.83. The Labute approximate surface area is 150 Å². The molecule has 0 saturated carbocycles. The summed E-state index contributed by atoms with van der Waals surface area (Å²) in [5, 5.41) is 3.43. The summed E-state index contributed by atoms with van der Waals surface area (Å²) in [4.78, 5) is 12.5. The third kappa shape index (κ3) is 2.99. The highest BCUT2D eigenvalue weighted by atomic mass is 35.5. The number of amides is 1. The van der Waals surface area contributed by atoms with Crippen molar-refractivity contribution in [1.82, 2.24) is 0 Å². The van der Waals surface area contributed by atoms with Gasteiger partial charge in [-0.2, -0.15) is 0 Å². The van der Waals surface area contributed by atoms with Crippen molar-refractivity contribution in [2.75, 3.05) is 5.32 Å². The first-order valence-corrected chi connectivity index (χ1v) is 8.44. The van der Waals surface area contributed by atoms with E-state index in [1.54, 1.807) is 24.5 Å². The van der Waals surface area contributed by atoms with Crippen molar-refractivity contribution < 1.29 is 9.21 Å². The first kappa shape index (κ1) is 15.7. The van der Waals surface area contributed by atoms with E-state index in [0.717, 1.165) is 23.1 Å². The van der Waals surface area contributed by atoms with Gasteiger partial charge in [0.1, 0.15) is 0 Å². The van der Waals surface area contributed by atoms with Crippen molar-refractivity contribution in [1.29, 1.82) is 0 Å². The normalized spacial score (nSPS) is 12.2. The number of carbonyl (C=O) groups is 1. The largest absolute Gasteiger partial charge is 0.459 e. The van der Waals surface area contributed by atoms with Crippen molar-refractivity contribution in [3.8, 4) is 11.1 Å². The molecule has 3 nitrogen and oxygen atoms in total. The van der Waals surface area contributed by atoms with Gasteiger partial charge in [0, 0.05) is 16.3 Å². The molecule has 0 fully saturated rings. The van der Waals surface area contributed by atoms with Gasteiger partial charge in [0.05, 0.1) is 6.26 Å². The number of anilines is 1. The minimum Gasteiger partial charge on any atom is -0.459 e. The molecule has 1 aliphatic rings. The van der Waals surface area contributed by atoms with Gasteiger partial charge in [0.25, 0.3) is 5.91 Å². The van der Waals surface area contributed by atoms with Gasteiger partial charge in [-0.1, -0.05) is 48.0 Å². The van der Waals surface area contributed by atoms with Crippen LogP contribution in [0.25, 0.3) is 17.2 Å². The average Bonchev–Trinajstić information content (AvgIpc) is 3.26. The second kappa shape index (κ2) is 6.26. The summed E-state index contributed by atoms with van der Waals surface area (Å²) in [5.41, 5.74) is 6.08. The highest BCUT2D eigenvalue weighted by Crippen LogP contribution is 2.32.